The zero-order chi connectivity index (χ0) is 24.5. The lowest BCUT2D eigenvalue weighted by atomic mass is 9.89. The smallest absolute Gasteiger partial charge is 0.291 e. The first kappa shape index (κ1) is 24.6. The van der Waals surface area contributed by atoms with Gasteiger partial charge < -0.3 is 20.4 Å². The van der Waals surface area contributed by atoms with Crippen LogP contribution in [0.1, 0.15) is 53.0 Å². The Balaban J connectivity index is 1.29. The van der Waals surface area contributed by atoms with Crippen LogP contribution in [0.2, 0.25) is 0 Å². The van der Waals surface area contributed by atoms with Gasteiger partial charge in [-0.1, -0.05) is 31.4 Å². The summed E-state index contributed by atoms with van der Waals surface area (Å²) >= 11 is 1.36. The van der Waals surface area contributed by atoms with E-state index in [0.717, 1.165) is 11.4 Å². The minimum atomic E-state index is -0.347. The lowest BCUT2D eigenvalue weighted by Gasteiger charge is -2.21. The standard InChI is InChI=1S/C27H29N3O4S/c31-25(28-17-19-7-2-1-3-8-19)18-35-24-11-5-4-9-22(24)26(32)29-20-12-14-21(15-13-20)30-27(33)23-10-6-16-34-23/h4-6,9-16,19H,1-3,7-8,17-18H2,(H,28,31)(H,29,32)(H,30,33). The minimum Gasteiger partial charge on any atom is -0.459 e. The van der Waals surface area contributed by atoms with Crippen molar-refractivity contribution in [3.05, 3.63) is 78.3 Å². The Hall–Kier alpha value is -3.52. The van der Waals surface area contributed by atoms with E-state index in [1.807, 2.05) is 12.1 Å². The molecule has 3 aromatic rings. The van der Waals surface area contributed by atoms with Gasteiger partial charge in [-0.05, 0) is 67.3 Å². The van der Waals surface area contributed by atoms with Crippen molar-refractivity contribution in [3.8, 4) is 0 Å². The van der Waals surface area contributed by atoms with Crippen LogP contribution in [0, 0.1) is 5.92 Å². The van der Waals surface area contributed by atoms with Crippen LogP contribution in [0.25, 0.3) is 0 Å². The van der Waals surface area contributed by atoms with E-state index in [1.165, 1.54) is 50.1 Å². The molecule has 1 aliphatic carbocycles. The molecule has 182 valence electrons. The van der Waals surface area contributed by atoms with Gasteiger partial charge in [-0.25, -0.2) is 0 Å². The summed E-state index contributed by atoms with van der Waals surface area (Å²) in [5.41, 5.74) is 1.68. The van der Waals surface area contributed by atoms with Crippen molar-refractivity contribution in [2.24, 2.45) is 5.92 Å². The summed E-state index contributed by atoms with van der Waals surface area (Å²) < 4.78 is 5.08. The van der Waals surface area contributed by atoms with Crippen LogP contribution in [0.15, 0.2) is 76.2 Å². The molecule has 3 N–H and O–H groups in total. The first-order chi connectivity index (χ1) is 17.1. The molecule has 8 heteroatoms. The van der Waals surface area contributed by atoms with Crippen LogP contribution in [0.3, 0.4) is 0 Å². The van der Waals surface area contributed by atoms with E-state index >= 15 is 0 Å². The third kappa shape index (κ3) is 7.23. The lowest BCUT2D eigenvalue weighted by Crippen LogP contribution is -2.31. The molecule has 7 nitrogen and oxygen atoms in total. The molecule has 0 bridgehead atoms. The monoisotopic (exact) mass is 491 g/mol. The highest BCUT2D eigenvalue weighted by Gasteiger charge is 2.16. The van der Waals surface area contributed by atoms with E-state index in [9.17, 15) is 14.4 Å². The molecule has 0 radical (unpaired) electrons. The van der Waals surface area contributed by atoms with Crippen LogP contribution < -0.4 is 16.0 Å². The molecular weight excluding hydrogens is 462 g/mol. The van der Waals surface area contributed by atoms with Gasteiger partial charge in [0.1, 0.15) is 0 Å². The molecule has 0 atom stereocenters. The average Bonchev–Trinajstić information content (AvgIpc) is 3.43. The van der Waals surface area contributed by atoms with E-state index in [2.05, 4.69) is 16.0 Å². The van der Waals surface area contributed by atoms with E-state index < -0.39 is 0 Å². The SMILES string of the molecule is O=C(CSc1ccccc1C(=O)Nc1ccc(NC(=O)c2ccco2)cc1)NCC1CCCCC1. The number of thioether (sulfide) groups is 1. The Bertz CT molecular complexity index is 1140. The van der Waals surface area contributed by atoms with Crippen molar-refractivity contribution in [2.75, 3.05) is 22.9 Å². The Morgan fingerprint density at radius 2 is 1.51 bits per heavy atom. The summed E-state index contributed by atoms with van der Waals surface area (Å²) in [4.78, 5) is 38.1. The van der Waals surface area contributed by atoms with Gasteiger partial charge in [-0.3, -0.25) is 14.4 Å². The van der Waals surface area contributed by atoms with Gasteiger partial charge in [0.2, 0.25) is 5.91 Å². The first-order valence-electron chi connectivity index (χ1n) is 11.8. The summed E-state index contributed by atoms with van der Waals surface area (Å²) in [7, 11) is 0. The largest absolute Gasteiger partial charge is 0.459 e. The predicted molar refractivity (Wildman–Crippen MR) is 138 cm³/mol. The molecule has 1 saturated carbocycles. The molecule has 35 heavy (non-hydrogen) atoms. The second kappa shape index (κ2) is 12.3. The zero-order valence-corrected chi connectivity index (χ0v) is 20.2. The van der Waals surface area contributed by atoms with Crippen molar-refractivity contribution in [3.63, 3.8) is 0 Å². The summed E-state index contributed by atoms with van der Waals surface area (Å²) in [6.45, 7) is 0.736. The van der Waals surface area contributed by atoms with Crippen LogP contribution in [-0.2, 0) is 4.79 Å². The molecule has 4 rings (SSSR count). The number of furan rings is 1. The van der Waals surface area contributed by atoms with Gasteiger partial charge in [0.05, 0.1) is 17.6 Å². The molecule has 3 amide bonds. The van der Waals surface area contributed by atoms with Crippen LogP contribution in [-0.4, -0.2) is 30.0 Å². The van der Waals surface area contributed by atoms with Gasteiger partial charge in [0, 0.05) is 22.8 Å². The Morgan fingerprint density at radius 3 is 2.20 bits per heavy atom. The summed E-state index contributed by atoms with van der Waals surface area (Å²) in [6.07, 6.45) is 7.61. The van der Waals surface area contributed by atoms with E-state index in [-0.39, 0.29) is 29.2 Å². The van der Waals surface area contributed by atoms with Gasteiger partial charge in [-0.15, -0.1) is 11.8 Å². The van der Waals surface area contributed by atoms with Crippen molar-refractivity contribution >= 4 is 40.9 Å². The fourth-order valence-electron chi connectivity index (χ4n) is 4.06. The van der Waals surface area contributed by atoms with E-state index in [1.54, 1.807) is 48.5 Å². The van der Waals surface area contributed by atoms with Gasteiger partial charge in [0.25, 0.3) is 11.8 Å². The molecule has 0 unspecified atom stereocenters. The highest BCUT2D eigenvalue weighted by atomic mass is 32.2. The van der Waals surface area contributed by atoms with Crippen molar-refractivity contribution < 1.29 is 18.8 Å². The molecular formula is C27H29N3O4S. The maximum atomic E-state index is 12.9. The number of anilines is 2. The maximum absolute atomic E-state index is 12.9. The quantitative estimate of drug-likeness (QED) is 0.340. The fourth-order valence-corrected chi connectivity index (χ4v) is 4.94. The van der Waals surface area contributed by atoms with Crippen molar-refractivity contribution in [1.82, 2.24) is 5.32 Å². The Labute approximate surface area is 209 Å². The molecule has 1 aliphatic rings. The maximum Gasteiger partial charge on any atom is 0.291 e. The van der Waals surface area contributed by atoms with Gasteiger partial charge in [-0.2, -0.15) is 0 Å². The number of hydrogen-bond donors (Lipinski definition) is 3. The molecule has 1 aromatic heterocycles. The first-order valence-corrected chi connectivity index (χ1v) is 12.8. The summed E-state index contributed by atoms with van der Waals surface area (Å²) in [6, 6.07) is 17.3. The highest BCUT2D eigenvalue weighted by Crippen LogP contribution is 2.25. The van der Waals surface area contributed by atoms with Crippen molar-refractivity contribution in [2.45, 2.75) is 37.0 Å². The minimum absolute atomic E-state index is 0.0111. The Morgan fingerprint density at radius 1 is 0.829 bits per heavy atom. The topological polar surface area (TPSA) is 100 Å². The average molecular weight is 492 g/mol. The van der Waals surface area contributed by atoms with E-state index in [4.69, 9.17) is 4.42 Å². The number of benzene rings is 2. The number of amides is 3. The molecule has 1 fully saturated rings. The molecule has 1 heterocycles. The molecule has 0 saturated heterocycles. The predicted octanol–water partition coefficient (Wildman–Crippen LogP) is 5.57. The summed E-state index contributed by atoms with van der Waals surface area (Å²) in [5, 5.41) is 8.66. The normalized spacial score (nSPS) is 13.7. The van der Waals surface area contributed by atoms with Crippen LogP contribution >= 0.6 is 11.8 Å². The molecule has 2 aromatic carbocycles. The Kier molecular flexibility index (Phi) is 8.62. The highest BCUT2D eigenvalue weighted by molar-refractivity contribution is 8.00. The third-order valence-electron chi connectivity index (χ3n) is 5.95. The number of carbonyl (C=O) groups is 3. The number of hydrogen-bond acceptors (Lipinski definition) is 5. The summed E-state index contributed by atoms with van der Waals surface area (Å²) in [5.74, 6) is 0.451. The van der Waals surface area contributed by atoms with E-state index in [0.29, 0.717) is 22.9 Å². The van der Waals surface area contributed by atoms with Gasteiger partial charge >= 0.3 is 0 Å². The zero-order valence-electron chi connectivity index (χ0n) is 19.4. The van der Waals surface area contributed by atoms with Crippen LogP contribution in [0.5, 0.6) is 0 Å². The van der Waals surface area contributed by atoms with Crippen LogP contribution in [0.4, 0.5) is 11.4 Å². The molecule has 0 aliphatic heterocycles. The number of carbonyl (C=O) groups excluding carboxylic acids is 3. The second-order valence-corrected chi connectivity index (χ2v) is 9.57. The second-order valence-electron chi connectivity index (χ2n) is 8.56. The van der Waals surface area contributed by atoms with Crippen molar-refractivity contribution in [1.29, 1.82) is 0 Å². The number of rotatable bonds is 9. The van der Waals surface area contributed by atoms with Gasteiger partial charge in [0.15, 0.2) is 5.76 Å². The third-order valence-corrected chi connectivity index (χ3v) is 7.02. The number of nitrogens with one attached hydrogen (secondary N) is 3. The molecule has 0 spiro atoms. The fraction of sp³-hybridized carbons (Fsp3) is 0.296. The lowest BCUT2D eigenvalue weighted by molar-refractivity contribution is -0.118.